The number of hydrogen-bond donors (Lipinski definition) is 0. The van der Waals surface area contributed by atoms with Gasteiger partial charge in [0, 0.05) is 17.7 Å². The van der Waals surface area contributed by atoms with Crippen LogP contribution in [0.25, 0.3) is 0 Å². The van der Waals surface area contributed by atoms with E-state index in [-0.39, 0.29) is 5.97 Å². The molecule has 0 radical (unpaired) electrons. The highest BCUT2D eigenvalue weighted by Gasteiger charge is 2.39. The third-order valence-corrected chi connectivity index (χ3v) is 3.50. The summed E-state index contributed by atoms with van der Waals surface area (Å²) in [6, 6.07) is 0. The van der Waals surface area contributed by atoms with E-state index in [0.29, 0.717) is 5.54 Å². The minimum Gasteiger partial charge on any atom is -0.466 e. The van der Waals surface area contributed by atoms with Crippen molar-refractivity contribution in [1.29, 1.82) is 0 Å². The van der Waals surface area contributed by atoms with E-state index in [9.17, 15) is 4.79 Å². The molecule has 3 nitrogen and oxygen atoms in total. The fourth-order valence-electron chi connectivity index (χ4n) is 2.47. The van der Waals surface area contributed by atoms with Gasteiger partial charge in [0.05, 0.1) is 7.11 Å². The molecule has 0 aliphatic carbocycles. The number of carbonyl (C=O) groups excluding carboxylic acids is 1. The molecule has 0 aromatic heterocycles. The van der Waals surface area contributed by atoms with Crippen LogP contribution in [-0.4, -0.2) is 36.6 Å². The van der Waals surface area contributed by atoms with Gasteiger partial charge in [-0.15, -0.1) is 0 Å². The van der Waals surface area contributed by atoms with Gasteiger partial charge in [-0.1, -0.05) is 6.08 Å². The third-order valence-electron chi connectivity index (χ3n) is 3.50. The van der Waals surface area contributed by atoms with Gasteiger partial charge in [0.15, 0.2) is 0 Å². The van der Waals surface area contributed by atoms with Crippen LogP contribution in [0.1, 0.15) is 26.2 Å². The lowest BCUT2D eigenvalue weighted by molar-refractivity contribution is -0.136. The van der Waals surface area contributed by atoms with Crippen molar-refractivity contribution in [2.24, 2.45) is 0 Å². The molecule has 2 heterocycles. The highest BCUT2D eigenvalue weighted by atomic mass is 16.5. The largest absolute Gasteiger partial charge is 0.466 e. The number of methoxy groups -OCH3 is 1. The van der Waals surface area contributed by atoms with E-state index >= 15 is 0 Å². The Morgan fingerprint density at radius 3 is 3.14 bits per heavy atom. The summed E-state index contributed by atoms with van der Waals surface area (Å²) in [6.45, 7) is 4.17. The van der Waals surface area contributed by atoms with Crippen molar-refractivity contribution >= 4 is 5.97 Å². The maximum absolute atomic E-state index is 11.3. The summed E-state index contributed by atoms with van der Waals surface area (Å²) in [7, 11) is 1.45. The summed E-state index contributed by atoms with van der Waals surface area (Å²) < 4.78 is 4.74. The number of fused-ring (bicyclic) bond motifs is 1. The van der Waals surface area contributed by atoms with Gasteiger partial charge >= 0.3 is 5.97 Å². The molecule has 2 aliphatic rings. The Hall–Kier alpha value is -0.830. The lowest BCUT2D eigenvalue weighted by Crippen LogP contribution is -2.45. The second-order valence-electron chi connectivity index (χ2n) is 4.45. The molecule has 1 saturated heterocycles. The van der Waals surface area contributed by atoms with Crippen molar-refractivity contribution in [3.63, 3.8) is 0 Å². The lowest BCUT2D eigenvalue weighted by Gasteiger charge is -2.38. The first kappa shape index (κ1) is 9.71. The molecule has 0 aromatic rings. The van der Waals surface area contributed by atoms with Crippen molar-refractivity contribution in [3.8, 4) is 0 Å². The van der Waals surface area contributed by atoms with Gasteiger partial charge in [-0.05, 0) is 32.7 Å². The van der Waals surface area contributed by atoms with Crippen molar-refractivity contribution in [3.05, 3.63) is 11.6 Å². The number of ether oxygens (including phenoxy) is 1. The van der Waals surface area contributed by atoms with Crippen LogP contribution >= 0.6 is 0 Å². The highest BCUT2D eigenvalue weighted by Crippen LogP contribution is 2.36. The molecule has 3 heteroatoms. The Morgan fingerprint density at radius 2 is 2.43 bits per heavy atom. The zero-order valence-corrected chi connectivity index (χ0v) is 8.88. The van der Waals surface area contributed by atoms with Gasteiger partial charge in [0.25, 0.3) is 0 Å². The monoisotopic (exact) mass is 195 g/mol. The van der Waals surface area contributed by atoms with Crippen LogP contribution < -0.4 is 0 Å². The smallest absolute Gasteiger partial charge is 0.334 e. The highest BCUT2D eigenvalue weighted by molar-refractivity contribution is 5.89. The van der Waals surface area contributed by atoms with Crippen molar-refractivity contribution in [2.45, 2.75) is 31.7 Å². The summed E-state index contributed by atoms with van der Waals surface area (Å²) in [5, 5.41) is 0. The number of hydrogen-bond acceptors (Lipinski definition) is 3. The van der Waals surface area contributed by atoms with Crippen LogP contribution in [-0.2, 0) is 9.53 Å². The van der Waals surface area contributed by atoms with Gasteiger partial charge < -0.3 is 4.74 Å². The standard InChI is InChI=1S/C11H17NO2/c1-11-5-3-7-12(11)8-9(4-6-11)10(13)14-2/h4H,3,5-8H2,1-2H3. The second-order valence-corrected chi connectivity index (χ2v) is 4.45. The van der Waals surface area contributed by atoms with E-state index in [1.54, 1.807) is 0 Å². The molecule has 0 spiro atoms. The molecule has 1 unspecified atom stereocenters. The van der Waals surface area contributed by atoms with Crippen molar-refractivity contribution < 1.29 is 9.53 Å². The molecule has 0 bridgehead atoms. The van der Waals surface area contributed by atoms with Crippen LogP contribution in [0.15, 0.2) is 11.6 Å². The van der Waals surface area contributed by atoms with Crippen molar-refractivity contribution in [1.82, 2.24) is 4.90 Å². The SMILES string of the molecule is COC(=O)C1=CCC2(C)CCCN2C1. The summed E-state index contributed by atoms with van der Waals surface area (Å²) in [4.78, 5) is 13.7. The minimum atomic E-state index is -0.168. The average Bonchev–Trinajstić information content (AvgIpc) is 2.57. The van der Waals surface area contributed by atoms with Crippen LogP contribution in [0.2, 0.25) is 0 Å². The Labute approximate surface area is 84.7 Å². The first-order valence-corrected chi connectivity index (χ1v) is 5.18. The Morgan fingerprint density at radius 1 is 1.64 bits per heavy atom. The van der Waals surface area contributed by atoms with E-state index in [0.717, 1.165) is 25.1 Å². The zero-order valence-electron chi connectivity index (χ0n) is 8.88. The molecule has 0 N–H and O–H groups in total. The van der Waals surface area contributed by atoms with E-state index in [4.69, 9.17) is 4.74 Å². The first-order valence-electron chi connectivity index (χ1n) is 5.18. The van der Waals surface area contributed by atoms with E-state index in [1.165, 1.54) is 20.0 Å². The van der Waals surface area contributed by atoms with Gasteiger partial charge in [-0.25, -0.2) is 4.79 Å². The van der Waals surface area contributed by atoms with Gasteiger partial charge in [-0.3, -0.25) is 4.90 Å². The molecule has 78 valence electrons. The van der Waals surface area contributed by atoms with Gasteiger partial charge in [-0.2, -0.15) is 0 Å². The third kappa shape index (κ3) is 1.46. The molecule has 0 aromatic carbocycles. The Balaban J connectivity index is 2.13. The second kappa shape index (κ2) is 3.39. The number of carbonyl (C=O) groups is 1. The predicted octanol–water partition coefficient (Wildman–Crippen LogP) is 1.34. The normalized spacial score (nSPS) is 32.3. The fraction of sp³-hybridized carbons (Fsp3) is 0.727. The zero-order chi connectivity index (χ0) is 10.2. The van der Waals surface area contributed by atoms with Crippen LogP contribution in [0.3, 0.4) is 0 Å². The van der Waals surface area contributed by atoms with E-state index < -0.39 is 0 Å². The Kier molecular flexibility index (Phi) is 2.35. The molecule has 2 aliphatic heterocycles. The molecule has 2 rings (SSSR count). The number of rotatable bonds is 1. The predicted molar refractivity (Wildman–Crippen MR) is 53.9 cm³/mol. The van der Waals surface area contributed by atoms with Crippen LogP contribution in [0.4, 0.5) is 0 Å². The van der Waals surface area contributed by atoms with E-state index in [1.807, 2.05) is 6.08 Å². The summed E-state index contributed by atoms with van der Waals surface area (Å²) in [5.74, 6) is -0.168. The van der Waals surface area contributed by atoms with Crippen LogP contribution in [0, 0.1) is 0 Å². The molecular formula is C11H17NO2. The fourth-order valence-corrected chi connectivity index (χ4v) is 2.47. The quantitative estimate of drug-likeness (QED) is 0.591. The Bertz CT molecular complexity index is 285. The molecule has 0 saturated carbocycles. The number of esters is 1. The van der Waals surface area contributed by atoms with Crippen LogP contribution in [0.5, 0.6) is 0 Å². The summed E-state index contributed by atoms with van der Waals surface area (Å²) in [5.41, 5.74) is 1.13. The number of nitrogens with zero attached hydrogens (tertiary/aromatic N) is 1. The molecule has 1 fully saturated rings. The lowest BCUT2D eigenvalue weighted by atomic mass is 9.90. The average molecular weight is 195 g/mol. The summed E-state index contributed by atoms with van der Waals surface area (Å²) >= 11 is 0. The topological polar surface area (TPSA) is 29.5 Å². The first-order chi connectivity index (χ1) is 6.65. The maximum atomic E-state index is 11.3. The molecule has 14 heavy (non-hydrogen) atoms. The molecule has 1 atom stereocenters. The molecule has 0 amide bonds. The molecular weight excluding hydrogens is 178 g/mol. The maximum Gasteiger partial charge on any atom is 0.334 e. The minimum absolute atomic E-state index is 0.168. The van der Waals surface area contributed by atoms with E-state index in [2.05, 4.69) is 11.8 Å². The van der Waals surface area contributed by atoms with Gasteiger partial charge in [0.1, 0.15) is 0 Å². The van der Waals surface area contributed by atoms with Crippen molar-refractivity contribution in [2.75, 3.05) is 20.2 Å². The summed E-state index contributed by atoms with van der Waals surface area (Å²) in [6.07, 6.45) is 5.53. The van der Waals surface area contributed by atoms with Gasteiger partial charge in [0.2, 0.25) is 0 Å².